The number of nitrogens with one attached hydrogen (secondary N) is 1. The summed E-state index contributed by atoms with van der Waals surface area (Å²) in [5.41, 5.74) is 0.303. The summed E-state index contributed by atoms with van der Waals surface area (Å²) in [6.07, 6.45) is 0.00893. The van der Waals surface area contributed by atoms with Crippen LogP contribution in [0.2, 0.25) is 0 Å². The molecular formula is C20H19BrF2N2O3. The highest BCUT2D eigenvalue weighted by Gasteiger charge is 2.17. The van der Waals surface area contributed by atoms with E-state index in [1.807, 2.05) is 6.07 Å². The first-order valence-corrected chi connectivity index (χ1v) is 9.36. The van der Waals surface area contributed by atoms with Gasteiger partial charge in [-0.05, 0) is 54.4 Å². The van der Waals surface area contributed by atoms with Crippen molar-refractivity contribution in [2.75, 3.05) is 13.2 Å². The normalized spacial score (nSPS) is 11.4. The van der Waals surface area contributed by atoms with Crippen molar-refractivity contribution in [3.8, 4) is 17.6 Å². The maximum atomic E-state index is 13.7. The van der Waals surface area contributed by atoms with E-state index in [2.05, 4.69) is 21.2 Å². The number of rotatable bonds is 8. The van der Waals surface area contributed by atoms with Crippen LogP contribution in [0.3, 0.4) is 0 Å². The summed E-state index contributed by atoms with van der Waals surface area (Å²) in [4.78, 5) is 12.2. The minimum absolute atomic E-state index is 0.00893. The fourth-order valence-electron chi connectivity index (χ4n) is 2.57. The lowest BCUT2D eigenvalue weighted by Crippen LogP contribution is -2.37. The number of carbonyl (C=O) groups excluding carboxylic acids is 1. The maximum absolute atomic E-state index is 13.7. The van der Waals surface area contributed by atoms with Crippen molar-refractivity contribution >= 4 is 21.8 Å². The Morgan fingerprint density at radius 2 is 1.96 bits per heavy atom. The van der Waals surface area contributed by atoms with Crippen molar-refractivity contribution in [2.24, 2.45) is 0 Å². The number of nitriles is 1. The van der Waals surface area contributed by atoms with E-state index < -0.39 is 23.6 Å². The van der Waals surface area contributed by atoms with E-state index >= 15 is 0 Å². The Morgan fingerprint density at radius 3 is 2.57 bits per heavy atom. The van der Waals surface area contributed by atoms with E-state index in [0.29, 0.717) is 28.1 Å². The van der Waals surface area contributed by atoms with Crippen molar-refractivity contribution < 1.29 is 23.0 Å². The Bertz CT molecular complexity index is 880. The Morgan fingerprint density at radius 1 is 1.29 bits per heavy atom. The Kier molecular flexibility index (Phi) is 7.76. The molecule has 2 aromatic rings. The molecule has 0 radical (unpaired) electrons. The zero-order valence-electron chi connectivity index (χ0n) is 15.4. The molecule has 0 saturated heterocycles. The molecule has 8 heteroatoms. The second-order valence-corrected chi connectivity index (χ2v) is 6.85. The number of ether oxygens (including phenoxy) is 2. The van der Waals surface area contributed by atoms with E-state index in [1.54, 1.807) is 19.9 Å². The monoisotopic (exact) mass is 452 g/mol. The van der Waals surface area contributed by atoms with Crippen LogP contribution in [0.25, 0.3) is 0 Å². The van der Waals surface area contributed by atoms with Crippen LogP contribution in [0.1, 0.15) is 25.0 Å². The Balaban J connectivity index is 2.00. The molecule has 0 spiro atoms. The first kappa shape index (κ1) is 21.6. The molecule has 1 atom stereocenters. The van der Waals surface area contributed by atoms with Gasteiger partial charge >= 0.3 is 0 Å². The van der Waals surface area contributed by atoms with Gasteiger partial charge in [0.05, 0.1) is 22.7 Å². The second-order valence-electron chi connectivity index (χ2n) is 5.99. The molecule has 1 unspecified atom stereocenters. The molecule has 0 aliphatic heterocycles. The molecule has 0 fully saturated rings. The van der Waals surface area contributed by atoms with Gasteiger partial charge in [-0.25, -0.2) is 8.78 Å². The number of carbonyl (C=O) groups is 1. The predicted molar refractivity (Wildman–Crippen MR) is 103 cm³/mol. The maximum Gasteiger partial charge on any atom is 0.258 e. The van der Waals surface area contributed by atoms with Gasteiger partial charge in [0.25, 0.3) is 5.91 Å². The molecular weight excluding hydrogens is 434 g/mol. The summed E-state index contributed by atoms with van der Waals surface area (Å²) < 4.78 is 38.9. The fraction of sp³-hybridized carbons (Fsp3) is 0.300. The zero-order chi connectivity index (χ0) is 20.7. The number of hydrogen-bond donors (Lipinski definition) is 1. The number of nitrogens with zero attached hydrogens (tertiary/aromatic N) is 1. The minimum Gasteiger partial charge on any atom is -0.490 e. The third-order valence-electron chi connectivity index (χ3n) is 3.77. The summed E-state index contributed by atoms with van der Waals surface area (Å²) in [5.74, 6) is -1.13. The van der Waals surface area contributed by atoms with Gasteiger partial charge in [-0.15, -0.1) is 0 Å². The van der Waals surface area contributed by atoms with Gasteiger partial charge in [-0.2, -0.15) is 5.26 Å². The smallest absolute Gasteiger partial charge is 0.258 e. The van der Waals surface area contributed by atoms with Crippen molar-refractivity contribution in [3.05, 3.63) is 57.6 Å². The molecule has 28 heavy (non-hydrogen) atoms. The highest BCUT2D eigenvalue weighted by Crippen LogP contribution is 2.36. The Labute approximate surface area is 170 Å². The van der Waals surface area contributed by atoms with Gasteiger partial charge in [-0.3, -0.25) is 4.79 Å². The average molecular weight is 453 g/mol. The largest absolute Gasteiger partial charge is 0.490 e. The number of amides is 1. The van der Waals surface area contributed by atoms with Gasteiger partial charge in [0.15, 0.2) is 18.1 Å². The van der Waals surface area contributed by atoms with Crippen molar-refractivity contribution in [1.82, 2.24) is 5.32 Å². The van der Waals surface area contributed by atoms with E-state index in [4.69, 9.17) is 14.7 Å². The number of hydrogen-bond acceptors (Lipinski definition) is 4. The van der Waals surface area contributed by atoms with Crippen molar-refractivity contribution in [1.29, 1.82) is 5.26 Å². The predicted octanol–water partition coefficient (Wildman–Crippen LogP) is 4.12. The molecule has 0 aliphatic carbocycles. The van der Waals surface area contributed by atoms with Crippen LogP contribution in [-0.4, -0.2) is 25.2 Å². The van der Waals surface area contributed by atoms with E-state index in [0.717, 1.165) is 0 Å². The third-order valence-corrected chi connectivity index (χ3v) is 4.35. The zero-order valence-corrected chi connectivity index (χ0v) is 17.0. The number of benzene rings is 2. The SMILES string of the molecule is CCOc1cc(C#N)cc(Br)c1OCC(=O)NC(C)Cc1c(F)cccc1F. The quantitative estimate of drug-likeness (QED) is 0.653. The van der Waals surface area contributed by atoms with Crippen LogP contribution in [-0.2, 0) is 11.2 Å². The first-order valence-electron chi connectivity index (χ1n) is 8.57. The van der Waals surface area contributed by atoms with Gasteiger partial charge in [0, 0.05) is 17.7 Å². The molecule has 0 aliphatic rings. The highest BCUT2D eigenvalue weighted by atomic mass is 79.9. The standard InChI is InChI=1S/C20H19BrF2N2O3/c1-3-27-18-9-13(10-24)8-15(21)20(18)28-11-19(26)25-12(2)7-14-16(22)5-4-6-17(14)23/h4-6,8-9,12H,3,7,11H2,1-2H3,(H,25,26). The first-order chi connectivity index (χ1) is 13.3. The summed E-state index contributed by atoms with van der Waals surface area (Å²) in [5, 5.41) is 11.7. The molecule has 0 heterocycles. The third kappa shape index (κ3) is 5.67. The van der Waals surface area contributed by atoms with Crippen LogP contribution in [0, 0.1) is 23.0 Å². The summed E-state index contributed by atoms with van der Waals surface area (Å²) in [7, 11) is 0. The second kappa shape index (κ2) is 10.0. The summed E-state index contributed by atoms with van der Waals surface area (Å²) in [6.45, 7) is 3.46. The van der Waals surface area contributed by atoms with Gasteiger partial charge in [0.1, 0.15) is 11.6 Å². The van der Waals surface area contributed by atoms with Crippen molar-refractivity contribution in [2.45, 2.75) is 26.3 Å². The molecule has 5 nitrogen and oxygen atoms in total. The van der Waals surface area contributed by atoms with Crippen LogP contribution in [0.15, 0.2) is 34.8 Å². The van der Waals surface area contributed by atoms with E-state index in [-0.39, 0.29) is 18.6 Å². The molecule has 0 aromatic heterocycles. The summed E-state index contributed by atoms with van der Waals surface area (Å²) >= 11 is 3.30. The van der Waals surface area contributed by atoms with Crippen LogP contribution < -0.4 is 14.8 Å². The molecule has 2 rings (SSSR count). The van der Waals surface area contributed by atoms with Gasteiger partial charge in [0.2, 0.25) is 0 Å². The van der Waals surface area contributed by atoms with Crippen molar-refractivity contribution in [3.63, 3.8) is 0 Å². The molecule has 2 aromatic carbocycles. The summed E-state index contributed by atoms with van der Waals surface area (Å²) in [6, 6.07) is 8.22. The van der Waals surface area contributed by atoms with Crippen LogP contribution >= 0.6 is 15.9 Å². The highest BCUT2D eigenvalue weighted by molar-refractivity contribution is 9.10. The lowest BCUT2D eigenvalue weighted by Gasteiger charge is -2.17. The molecule has 0 bridgehead atoms. The molecule has 148 valence electrons. The Hall–Kier alpha value is -2.66. The fourth-order valence-corrected chi connectivity index (χ4v) is 3.13. The van der Waals surface area contributed by atoms with Crippen LogP contribution in [0.5, 0.6) is 11.5 Å². The molecule has 1 amide bonds. The van der Waals surface area contributed by atoms with E-state index in [1.165, 1.54) is 24.3 Å². The lowest BCUT2D eigenvalue weighted by molar-refractivity contribution is -0.123. The van der Waals surface area contributed by atoms with E-state index in [9.17, 15) is 13.6 Å². The molecule has 1 N–H and O–H groups in total. The van der Waals surface area contributed by atoms with Crippen LogP contribution in [0.4, 0.5) is 8.78 Å². The topological polar surface area (TPSA) is 71.3 Å². The van der Waals surface area contributed by atoms with Gasteiger partial charge in [-0.1, -0.05) is 6.07 Å². The van der Waals surface area contributed by atoms with Gasteiger partial charge < -0.3 is 14.8 Å². The molecule has 0 saturated carbocycles. The minimum atomic E-state index is -0.653. The average Bonchev–Trinajstić information content (AvgIpc) is 2.64. The number of halogens is 3. The lowest BCUT2D eigenvalue weighted by atomic mass is 10.1.